The monoisotopic (exact) mass is 268 g/mol. The fourth-order valence-corrected chi connectivity index (χ4v) is 1.44. The molecule has 0 atom stereocenters. The van der Waals surface area contributed by atoms with Crippen LogP contribution in [0.4, 0.5) is 5.69 Å². The number of pyridine rings is 1. The van der Waals surface area contributed by atoms with Gasteiger partial charge in [-0.1, -0.05) is 0 Å². The Kier molecular flexibility index (Phi) is 1.17. The van der Waals surface area contributed by atoms with Gasteiger partial charge in [-0.25, -0.2) is 4.98 Å². The van der Waals surface area contributed by atoms with Crippen molar-refractivity contribution in [3.8, 4) is 0 Å². The van der Waals surface area contributed by atoms with Gasteiger partial charge >= 0.3 is 0 Å². The quantitative estimate of drug-likeness (QED) is 0.735. The molecule has 0 aliphatic heterocycles. The van der Waals surface area contributed by atoms with Crippen molar-refractivity contribution in [3.05, 3.63) is 20.8 Å². The molecular formula is C6H6Br2N2. The van der Waals surface area contributed by atoms with E-state index in [0.29, 0.717) is 0 Å². The van der Waals surface area contributed by atoms with E-state index in [9.17, 15) is 0 Å². The highest BCUT2D eigenvalue weighted by Gasteiger charge is 2.00. The van der Waals surface area contributed by atoms with Crippen molar-refractivity contribution in [2.75, 3.05) is 5.73 Å². The summed E-state index contributed by atoms with van der Waals surface area (Å²) in [6.07, 6.45) is 0. The number of aromatic nitrogens is 1. The lowest BCUT2D eigenvalue weighted by Gasteiger charge is -2.01. The highest BCUT2D eigenvalue weighted by molar-refractivity contribution is 9.11. The van der Waals surface area contributed by atoms with E-state index in [1.54, 1.807) is 0 Å². The van der Waals surface area contributed by atoms with Crippen molar-refractivity contribution < 1.29 is 5.48 Å². The maximum atomic E-state index is 7.52. The van der Waals surface area contributed by atoms with Crippen LogP contribution in [0.5, 0.6) is 0 Å². The molecule has 0 unspecified atom stereocenters. The predicted octanol–water partition coefficient (Wildman–Crippen LogP) is 2.50. The van der Waals surface area contributed by atoms with E-state index in [1.165, 1.54) is 0 Å². The minimum atomic E-state index is -2.41. The molecule has 0 radical (unpaired) electrons. The standard InChI is InChI=1S/C6H6Br2N2/c1-3-2-4(7)10-6(8)5(3)9/h2H,9H2,1H3/i1D3,2D. The van der Waals surface area contributed by atoms with Crippen molar-refractivity contribution in [2.45, 2.75) is 6.85 Å². The molecule has 0 aromatic carbocycles. The molecule has 4 heteroatoms. The number of nitrogens with two attached hydrogens (primary N) is 1. The Morgan fingerprint density at radius 2 is 2.50 bits per heavy atom. The molecular weight excluding hydrogens is 260 g/mol. The minimum absolute atomic E-state index is 0.0156. The topological polar surface area (TPSA) is 38.9 Å². The van der Waals surface area contributed by atoms with Crippen molar-refractivity contribution >= 4 is 37.5 Å². The maximum Gasteiger partial charge on any atom is 0.130 e. The Morgan fingerprint density at radius 3 is 3.10 bits per heavy atom. The van der Waals surface area contributed by atoms with Gasteiger partial charge in [0, 0.05) is 4.11 Å². The van der Waals surface area contributed by atoms with E-state index in [1.807, 2.05) is 0 Å². The molecule has 0 saturated heterocycles. The Hall–Kier alpha value is -0.0900. The Morgan fingerprint density at radius 1 is 1.80 bits per heavy atom. The number of hydrogen-bond donors (Lipinski definition) is 1. The fourth-order valence-electron chi connectivity index (χ4n) is 0.448. The first-order valence-electron chi connectivity index (χ1n) is 4.36. The van der Waals surface area contributed by atoms with E-state index >= 15 is 0 Å². The average molecular weight is 270 g/mol. The molecule has 54 valence electrons. The molecule has 0 bridgehead atoms. The predicted molar refractivity (Wildman–Crippen MR) is 48.8 cm³/mol. The second-order valence-electron chi connectivity index (χ2n) is 1.61. The van der Waals surface area contributed by atoms with Gasteiger partial charge in [0.15, 0.2) is 0 Å². The van der Waals surface area contributed by atoms with Gasteiger partial charge in [0.05, 0.1) is 7.06 Å². The number of halogens is 2. The van der Waals surface area contributed by atoms with Crippen LogP contribution in [0.25, 0.3) is 0 Å². The van der Waals surface area contributed by atoms with Crippen LogP contribution in [0, 0.1) is 6.85 Å². The summed E-state index contributed by atoms with van der Waals surface area (Å²) in [6.45, 7) is -2.41. The minimum Gasteiger partial charge on any atom is -0.396 e. The molecule has 0 saturated carbocycles. The lowest BCUT2D eigenvalue weighted by molar-refractivity contribution is 1.21. The van der Waals surface area contributed by atoms with Gasteiger partial charge in [-0.15, -0.1) is 0 Å². The summed E-state index contributed by atoms with van der Waals surface area (Å²) < 4.78 is 29.5. The molecule has 0 spiro atoms. The van der Waals surface area contributed by atoms with E-state index in [4.69, 9.17) is 11.2 Å². The number of hydrogen-bond acceptors (Lipinski definition) is 2. The third kappa shape index (κ3) is 1.49. The summed E-state index contributed by atoms with van der Waals surface area (Å²) in [5.41, 5.74) is 5.32. The molecule has 1 aromatic heterocycles. The highest BCUT2D eigenvalue weighted by Crippen LogP contribution is 2.23. The second kappa shape index (κ2) is 2.88. The molecule has 0 aliphatic carbocycles. The van der Waals surface area contributed by atoms with Crippen LogP contribution < -0.4 is 5.73 Å². The van der Waals surface area contributed by atoms with Crippen LogP contribution in [-0.4, -0.2) is 4.98 Å². The average Bonchev–Trinajstić information content (AvgIpc) is 1.98. The number of anilines is 1. The first kappa shape index (κ1) is 4.07. The van der Waals surface area contributed by atoms with Crippen molar-refractivity contribution in [2.24, 2.45) is 0 Å². The maximum absolute atomic E-state index is 7.52. The summed E-state index contributed by atoms with van der Waals surface area (Å²) in [7, 11) is 0. The lowest BCUT2D eigenvalue weighted by Crippen LogP contribution is -1.93. The van der Waals surface area contributed by atoms with Gasteiger partial charge < -0.3 is 5.73 Å². The van der Waals surface area contributed by atoms with Crippen molar-refractivity contribution in [3.63, 3.8) is 0 Å². The van der Waals surface area contributed by atoms with Crippen LogP contribution in [0.1, 0.15) is 11.0 Å². The largest absolute Gasteiger partial charge is 0.396 e. The molecule has 2 nitrogen and oxygen atoms in total. The first-order chi connectivity index (χ1) is 6.25. The van der Waals surface area contributed by atoms with Gasteiger partial charge in [-0.05, 0) is 50.3 Å². The van der Waals surface area contributed by atoms with E-state index in [-0.39, 0.29) is 26.5 Å². The van der Waals surface area contributed by atoms with E-state index in [2.05, 4.69) is 36.8 Å². The molecule has 10 heavy (non-hydrogen) atoms. The summed E-state index contributed by atoms with van der Waals surface area (Å²) in [4.78, 5) is 3.82. The Labute approximate surface area is 81.7 Å². The zero-order chi connectivity index (χ0) is 11.1. The summed E-state index contributed by atoms with van der Waals surface area (Å²) in [6, 6.07) is -0.203. The summed E-state index contributed by atoms with van der Waals surface area (Å²) in [5, 5.41) is 0. The van der Waals surface area contributed by atoms with Gasteiger partial charge in [0.1, 0.15) is 9.21 Å². The first-order valence-corrected chi connectivity index (χ1v) is 3.95. The number of rotatable bonds is 0. The Balaban J connectivity index is 3.56. The van der Waals surface area contributed by atoms with Crippen LogP contribution >= 0.6 is 31.9 Å². The molecule has 1 rings (SSSR count). The van der Waals surface area contributed by atoms with Gasteiger partial charge in [-0.3, -0.25) is 0 Å². The highest BCUT2D eigenvalue weighted by atomic mass is 79.9. The molecule has 1 aromatic rings. The van der Waals surface area contributed by atoms with Crippen LogP contribution in [0.15, 0.2) is 15.2 Å². The van der Waals surface area contributed by atoms with Gasteiger partial charge in [0.2, 0.25) is 0 Å². The molecule has 2 N–H and O–H groups in total. The number of nitrogen functional groups attached to an aromatic ring is 1. The second-order valence-corrected chi connectivity index (χ2v) is 3.11. The molecule has 1 heterocycles. The third-order valence-corrected chi connectivity index (χ3v) is 1.90. The SMILES string of the molecule is [2H]c1c(Br)nc(Br)c(N)c1C([2H])([2H])[2H]. The van der Waals surface area contributed by atoms with Crippen molar-refractivity contribution in [1.82, 2.24) is 4.98 Å². The number of nitrogens with zero attached hydrogens (tertiary/aromatic N) is 1. The zero-order valence-corrected chi connectivity index (χ0v) is 7.95. The summed E-state index contributed by atoms with van der Waals surface area (Å²) >= 11 is 6.01. The van der Waals surface area contributed by atoms with E-state index in [0.717, 1.165) is 0 Å². The van der Waals surface area contributed by atoms with Crippen LogP contribution in [0.2, 0.25) is 0 Å². The smallest absolute Gasteiger partial charge is 0.130 e. The molecule has 0 aliphatic rings. The fraction of sp³-hybridized carbons (Fsp3) is 0.167. The molecule has 0 amide bonds. The van der Waals surface area contributed by atoms with Crippen molar-refractivity contribution in [1.29, 1.82) is 0 Å². The van der Waals surface area contributed by atoms with E-state index < -0.39 is 6.85 Å². The van der Waals surface area contributed by atoms with Crippen LogP contribution in [-0.2, 0) is 0 Å². The molecule has 0 fully saturated rings. The lowest BCUT2D eigenvalue weighted by atomic mass is 10.3. The third-order valence-electron chi connectivity index (χ3n) is 0.916. The van der Waals surface area contributed by atoms with Crippen LogP contribution in [0.3, 0.4) is 0 Å². The zero-order valence-electron chi connectivity index (χ0n) is 8.78. The Bertz CT molecular complexity index is 351. The van der Waals surface area contributed by atoms with Gasteiger partial charge in [0.25, 0.3) is 0 Å². The summed E-state index contributed by atoms with van der Waals surface area (Å²) in [5.74, 6) is 0. The van der Waals surface area contributed by atoms with Gasteiger partial charge in [-0.2, -0.15) is 0 Å². The normalized spacial score (nSPS) is 17.0.